The van der Waals surface area contributed by atoms with Crippen LogP contribution >= 0.6 is 0 Å². The van der Waals surface area contributed by atoms with E-state index < -0.39 is 24.5 Å². The monoisotopic (exact) mass is 307 g/mol. The molecule has 4 atom stereocenters. The third kappa shape index (κ3) is 2.17. The van der Waals surface area contributed by atoms with E-state index in [0.717, 1.165) is 22.2 Å². The third-order valence-electron chi connectivity index (χ3n) is 4.30. The molecule has 7 heteroatoms. The van der Waals surface area contributed by atoms with E-state index in [9.17, 15) is 15.3 Å². The minimum Gasteiger partial charge on any atom is -0.394 e. The van der Waals surface area contributed by atoms with Gasteiger partial charge < -0.3 is 25.4 Å². The maximum atomic E-state index is 10.3. The number of imidazole rings is 1. The van der Waals surface area contributed by atoms with Crippen molar-refractivity contribution in [2.45, 2.75) is 38.4 Å². The van der Waals surface area contributed by atoms with Gasteiger partial charge in [-0.25, -0.2) is 4.98 Å². The Kier molecular flexibility index (Phi) is 3.82. The van der Waals surface area contributed by atoms with Crippen LogP contribution in [-0.2, 0) is 4.74 Å². The summed E-state index contributed by atoms with van der Waals surface area (Å²) in [7, 11) is 1.73. The molecule has 7 nitrogen and oxygen atoms in total. The summed E-state index contributed by atoms with van der Waals surface area (Å²) in [6, 6.07) is 3.95. The number of aromatic nitrogens is 2. The van der Waals surface area contributed by atoms with E-state index in [2.05, 4.69) is 10.3 Å². The number of aryl methyl sites for hydroxylation is 2. The lowest BCUT2D eigenvalue weighted by molar-refractivity contribution is -0.0499. The number of nitrogens with one attached hydrogen (secondary N) is 1. The van der Waals surface area contributed by atoms with Crippen molar-refractivity contribution in [2.75, 3.05) is 19.0 Å². The van der Waals surface area contributed by atoms with Crippen molar-refractivity contribution in [1.82, 2.24) is 9.55 Å². The van der Waals surface area contributed by atoms with Gasteiger partial charge in [0.05, 0.1) is 17.6 Å². The zero-order valence-corrected chi connectivity index (χ0v) is 12.8. The summed E-state index contributed by atoms with van der Waals surface area (Å²) in [4.78, 5) is 4.50. The van der Waals surface area contributed by atoms with Crippen LogP contribution in [0, 0.1) is 13.8 Å². The molecule has 0 aliphatic carbocycles. The van der Waals surface area contributed by atoms with Gasteiger partial charge in [-0.1, -0.05) is 0 Å². The first-order valence-corrected chi connectivity index (χ1v) is 7.27. The number of hydrogen-bond acceptors (Lipinski definition) is 6. The van der Waals surface area contributed by atoms with Crippen LogP contribution < -0.4 is 5.32 Å². The highest BCUT2D eigenvalue weighted by molar-refractivity contribution is 5.80. The van der Waals surface area contributed by atoms with Gasteiger partial charge >= 0.3 is 0 Å². The summed E-state index contributed by atoms with van der Waals surface area (Å²) in [5, 5.41) is 32.5. The molecule has 1 aromatic heterocycles. The molecule has 120 valence electrons. The molecule has 1 saturated heterocycles. The first-order chi connectivity index (χ1) is 10.5. The Morgan fingerprint density at radius 3 is 2.50 bits per heavy atom. The summed E-state index contributed by atoms with van der Waals surface area (Å²) >= 11 is 0. The van der Waals surface area contributed by atoms with Crippen LogP contribution in [-0.4, -0.2) is 56.8 Å². The number of anilines is 1. The molecule has 22 heavy (non-hydrogen) atoms. The normalized spacial score (nSPS) is 28.5. The summed E-state index contributed by atoms with van der Waals surface area (Å²) in [6.45, 7) is 3.66. The second-order valence-corrected chi connectivity index (χ2v) is 5.71. The van der Waals surface area contributed by atoms with Crippen molar-refractivity contribution in [2.24, 2.45) is 0 Å². The molecule has 1 fully saturated rings. The molecule has 2 heterocycles. The molecule has 1 aliphatic rings. The predicted octanol–water partition coefficient (Wildman–Crippen LogP) is 0.306. The quantitative estimate of drug-likeness (QED) is 0.651. The lowest BCUT2D eigenvalue weighted by Crippen LogP contribution is -2.33. The lowest BCUT2D eigenvalue weighted by Gasteiger charge is -2.19. The number of fused-ring (bicyclic) bond motifs is 1. The third-order valence-corrected chi connectivity index (χ3v) is 4.30. The molecular weight excluding hydrogens is 286 g/mol. The summed E-state index contributed by atoms with van der Waals surface area (Å²) in [6.07, 6.45) is -3.89. The highest BCUT2D eigenvalue weighted by Crippen LogP contribution is 2.35. The number of ether oxygens (including phenoxy) is 1. The van der Waals surface area contributed by atoms with Crippen molar-refractivity contribution in [3.05, 3.63) is 23.3 Å². The number of nitrogens with zero attached hydrogens (tertiary/aromatic N) is 2. The standard InChI is InChI=1S/C15H21N3O4/c1-7-4-9-10(5-8(7)2)18(15(16-3)17-9)14-13(21)12(20)11(6-19)22-14/h4-5,11-14,19-21H,6H2,1-3H3,(H,16,17). The van der Waals surface area contributed by atoms with Crippen LogP contribution in [0.4, 0.5) is 5.95 Å². The Morgan fingerprint density at radius 2 is 1.91 bits per heavy atom. The number of aliphatic hydroxyl groups excluding tert-OH is 3. The van der Waals surface area contributed by atoms with Gasteiger partial charge in [0.15, 0.2) is 6.23 Å². The van der Waals surface area contributed by atoms with Crippen LogP contribution in [0.25, 0.3) is 11.0 Å². The average Bonchev–Trinajstić information content (AvgIpc) is 2.98. The maximum Gasteiger partial charge on any atom is 0.205 e. The first-order valence-electron chi connectivity index (χ1n) is 7.27. The molecule has 0 bridgehead atoms. The van der Waals surface area contributed by atoms with Gasteiger partial charge in [0.2, 0.25) is 5.95 Å². The van der Waals surface area contributed by atoms with Crippen molar-refractivity contribution in [3.63, 3.8) is 0 Å². The van der Waals surface area contributed by atoms with Crippen LogP contribution in [0.5, 0.6) is 0 Å². The number of benzene rings is 1. The fraction of sp³-hybridized carbons (Fsp3) is 0.533. The molecule has 0 spiro atoms. The molecule has 3 rings (SSSR count). The molecule has 2 aromatic rings. The van der Waals surface area contributed by atoms with E-state index in [1.54, 1.807) is 11.6 Å². The van der Waals surface area contributed by atoms with Gasteiger partial charge in [-0.15, -0.1) is 0 Å². The molecule has 4 unspecified atom stereocenters. The number of aliphatic hydroxyl groups is 3. The van der Waals surface area contributed by atoms with Gasteiger partial charge in [0.1, 0.15) is 18.3 Å². The minimum absolute atomic E-state index is 0.353. The summed E-state index contributed by atoms with van der Waals surface area (Å²) in [5.74, 6) is 0.537. The molecule has 0 radical (unpaired) electrons. The zero-order valence-electron chi connectivity index (χ0n) is 12.8. The largest absolute Gasteiger partial charge is 0.394 e. The Labute approximate surface area is 128 Å². The lowest BCUT2D eigenvalue weighted by atomic mass is 10.1. The summed E-state index contributed by atoms with van der Waals surface area (Å²) in [5.41, 5.74) is 3.82. The maximum absolute atomic E-state index is 10.3. The molecule has 1 aromatic carbocycles. The van der Waals surface area contributed by atoms with Crippen molar-refractivity contribution < 1.29 is 20.1 Å². The Hall–Kier alpha value is -1.67. The second kappa shape index (κ2) is 5.51. The number of hydrogen-bond donors (Lipinski definition) is 4. The van der Waals surface area contributed by atoms with Gasteiger partial charge in [-0.05, 0) is 37.1 Å². The predicted molar refractivity (Wildman–Crippen MR) is 81.8 cm³/mol. The molecule has 4 N–H and O–H groups in total. The van der Waals surface area contributed by atoms with E-state index in [0.29, 0.717) is 5.95 Å². The zero-order chi connectivity index (χ0) is 16.0. The fourth-order valence-electron chi connectivity index (χ4n) is 2.88. The van der Waals surface area contributed by atoms with Gasteiger partial charge in [0.25, 0.3) is 0 Å². The Morgan fingerprint density at radius 1 is 1.23 bits per heavy atom. The Bertz CT molecular complexity index is 700. The van der Waals surface area contributed by atoms with E-state index in [-0.39, 0.29) is 6.61 Å². The van der Waals surface area contributed by atoms with Gasteiger partial charge in [0, 0.05) is 7.05 Å². The highest BCUT2D eigenvalue weighted by Gasteiger charge is 2.44. The van der Waals surface area contributed by atoms with Crippen LogP contribution in [0.2, 0.25) is 0 Å². The second-order valence-electron chi connectivity index (χ2n) is 5.71. The van der Waals surface area contributed by atoms with Gasteiger partial charge in [-0.2, -0.15) is 0 Å². The molecule has 1 aliphatic heterocycles. The van der Waals surface area contributed by atoms with Crippen LogP contribution in [0.15, 0.2) is 12.1 Å². The fourth-order valence-corrected chi connectivity index (χ4v) is 2.88. The first kappa shape index (κ1) is 15.2. The van der Waals surface area contributed by atoms with Crippen molar-refractivity contribution >= 4 is 17.0 Å². The van der Waals surface area contributed by atoms with E-state index in [1.165, 1.54) is 0 Å². The highest BCUT2D eigenvalue weighted by atomic mass is 16.6. The van der Waals surface area contributed by atoms with Gasteiger partial charge in [-0.3, -0.25) is 4.57 Å². The topological polar surface area (TPSA) is 99.8 Å². The molecule has 0 amide bonds. The average molecular weight is 307 g/mol. The smallest absolute Gasteiger partial charge is 0.205 e. The van der Waals surface area contributed by atoms with Crippen molar-refractivity contribution in [1.29, 1.82) is 0 Å². The molecule has 0 saturated carbocycles. The minimum atomic E-state index is -1.14. The number of rotatable bonds is 3. The SMILES string of the molecule is CNc1nc2cc(C)c(C)cc2n1C1OC(CO)C(O)C1O. The van der Waals surface area contributed by atoms with Crippen LogP contribution in [0.3, 0.4) is 0 Å². The van der Waals surface area contributed by atoms with E-state index in [1.807, 2.05) is 26.0 Å². The Balaban J connectivity index is 2.15. The van der Waals surface area contributed by atoms with Crippen LogP contribution in [0.1, 0.15) is 17.4 Å². The molecular formula is C15H21N3O4. The van der Waals surface area contributed by atoms with Crippen molar-refractivity contribution in [3.8, 4) is 0 Å². The van der Waals surface area contributed by atoms with E-state index >= 15 is 0 Å². The summed E-state index contributed by atoms with van der Waals surface area (Å²) < 4.78 is 7.36. The van der Waals surface area contributed by atoms with E-state index in [4.69, 9.17) is 4.74 Å².